The number of thiophene rings is 1. The van der Waals surface area contributed by atoms with Crippen LogP contribution in [0.3, 0.4) is 0 Å². The molecular weight excluding hydrogens is 212 g/mol. The fraction of sp³-hybridized carbons (Fsp3) is 0.545. The van der Waals surface area contributed by atoms with Gasteiger partial charge >= 0.3 is 5.97 Å². The van der Waals surface area contributed by atoms with Gasteiger partial charge < -0.3 is 9.84 Å². The number of hydrogen-bond acceptors (Lipinski definition) is 3. The Morgan fingerprint density at radius 3 is 2.40 bits per heavy atom. The minimum Gasteiger partial charge on any atom is -0.479 e. The van der Waals surface area contributed by atoms with E-state index in [1.165, 1.54) is 23.3 Å². The second kappa shape index (κ2) is 4.33. The predicted octanol–water partition coefficient (Wildman–Crippen LogP) is 2.82. The molecule has 1 aromatic heterocycles. The van der Waals surface area contributed by atoms with E-state index in [0.29, 0.717) is 0 Å². The zero-order valence-corrected chi connectivity index (χ0v) is 10.2. The largest absolute Gasteiger partial charge is 0.479 e. The van der Waals surface area contributed by atoms with E-state index in [1.54, 1.807) is 0 Å². The lowest BCUT2D eigenvalue weighted by Crippen LogP contribution is -2.12. The van der Waals surface area contributed by atoms with Gasteiger partial charge in [-0.05, 0) is 17.5 Å². The van der Waals surface area contributed by atoms with E-state index in [-0.39, 0.29) is 5.41 Å². The molecule has 1 N–H and O–H groups in total. The summed E-state index contributed by atoms with van der Waals surface area (Å²) >= 11 is 1.49. The van der Waals surface area contributed by atoms with Gasteiger partial charge in [0.1, 0.15) is 0 Å². The van der Waals surface area contributed by atoms with Crippen LogP contribution in [0.4, 0.5) is 0 Å². The topological polar surface area (TPSA) is 46.5 Å². The highest BCUT2D eigenvalue weighted by atomic mass is 32.1. The molecule has 4 heteroatoms. The SMILES string of the molecule is COC(C(=O)O)c1ccc(C(C)(C)C)s1. The molecule has 0 amide bonds. The molecule has 0 spiro atoms. The number of rotatable bonds is 3. The number of methoxy groups -OCH3 is 1. The van der Waals surface area contributed by atoms with Crippen molar-refractivity contribution in [2.75, 3.05) is 7.11 Å². The molecule has 1 rings (SSSR count). The Morgan fingerprint density at radius 1 is 1.47 bits per heavy atom. The smallest absolute Gasteiger partial charge is 0.338 e. The molecule has 0 aliphatic carbocycles. The highest BCUT2D eigenvalue weighted by Crippen LogP contribution is 2.33. The molecule has 0 saturated carbocycles. The third-order valence-corrected chi connectivity index (χ3v) is 3.64. The zero-order valence-electron chi connectivity index (χ0n) is 9.40. The van der Waals surface area contributed by atoms with Crippen molar-refractivity contribution in [2.45, 2.75) is 32.3 Å². The Balaban J connectivity index is 2.97. The number of ether oxygens (including phenoxy) is 1. The summed E-state index contributed by atoms with van der Waals surface area (Å²) in [4.78, 5) is 12.8. The molecule has 1 aromatic rings. The first kappa shape index (κ1) is 12.2. The van der Waals surface area contributed by atoms with Crippen LogP contribution in [0, 0.1) is 0 Å². The van der Waals surface area contributed by atoms with Crippen LogP contribution in [-0.4, -0.2) is 18.2 Å². The van der Waals surface area contributed by atoms with Crippen molar-refractivity contribution in [2.24, 2.45) is 0 Å². The Bertz CT molecular complexity index is 349. The predicted molar refractivity (Wildman–Crippen MR) is 60.4 cm³/mol. The molecular formula is C11H16O3S. The first-order valence-corrected chi connectivity index (χ1v) is 5.53. The number of carbonyl (C=O) groups is 1. The zero-order chi connectivity index (χ0) is 11.6. The second-order valence-corrected chi connectivity index (χ2v) is 5.52. The van der Waals surface area contributed by atoms with E-state index in [1.807, 2.05) is 12.1 Å². The quantitative estimate of drug-likeness (QED) is 0.865. The molecule has 1 unspecified atom stereocenters. The Kier molecular flexibility index (Phi) is 3.52. The fourth-order valence-electron chi connectivity index (χ4n) is 1.24. The molecule has 1 heterocycles. The average Bonchev–Trinajstić information content (AvgIpc) is 2.52. The lowest BCUT2D eigenvalue weighted by atomic mass is 9.95. The second-order valence-electron chi connectivity index (χ2n) is 4.41. The van der Waals surface area contributed by atoms with Gasteiger partial charge in [0.25, 0.3) is 0 Å². The van der Waals surface area contributed by atoms with Gasteiger partial charge in [-0.25, -0.2) is 4.79 Å². The van der Waals surface area contributed by atoms with E-state index >= 15 is 0 Å². The van der Waals surface area contributed by atoms with Crippen LogP contribution in [0.2, 0.25) is 0 Å². The number of carboxylic acid groups (broad SMARTS) is 1. The minimum absolute atomic E-state index is 0.0553. The van der Waals surface area contributed by atoms with E-state index in [4.69, 9.17) is 9.84 Å². The van der Waals surface area contributed by atoms with Crippen LogP contribution in [0.1, 0.15) is 36.6 Å². The number of aliphatic carboxylic acids is 1. The van der Waals surface area contributed by atoms with Crippen molar-refractivity contribution in [1.82, 2.24) is 0 Å². The molecule has 1 atom stereocenters. The molecule has 3 nitrogen and oxygen atoms in total. The third-order valence-electron chi connectivity index (χ3n) is 2.08. The molecule has 84 valence electrons. The monoisotopic (exact) mass is 228 g/mol. The normalized spacial score (nSPS) is 13.9. The summed E-state index contributed by atoms with van der Waals surface area (Å²) in [5.74, 6) is -0.945. The van der Waals surface area contributed by atoms with Crippen molar-refractivity contribution in [3.05, 3.63) is 21.9 Å². The van der Waals surface area contributed by atoms with E-state index in [0.717, 1.165) is 4.88 Å². The minimum atomic E-state index is -0.945. The van der Waals surface area contributed by atoms with Crippen LogP contribution >= 0.6 is 11.3 Å². The lowest BCUT2D eigenvalue weighted by Gasteiger charge is -2.15. The molecule has 0 aromatic carbocycles. The Labute approximate surface area is 93.7 Å². The van der Waals surface area contributed by atoms with E-state index in [2.05, 4.69) is 20.8 Å². The fourth-order valence-corrected chi connectivity index (χ4v) is 2.37. The van der Waals surface area contributed by atoms with Crippen LogP contribution in [0.25, 0.3) is 0 Å². The third kappa shape index (κ3) is 2.79. The van der Waals surface area contributed by atoms with E-state index < -0.39 is 12.1 Å². The lowest BCUT2D eigenvalue weighted by molar-refractivity contribution is -0.148. The molecule has 15 heavy (non-hydrogen) atoms. The molecule has 0 saturated heterocycles. The van der Waals surface area contributed by atoms with Gasteiger partial charge in [0, 0.05) is 16.9 Å². The summed E-state index contributed by atoms with van der Waals surface area (Å²) in [5, 5.41) is 8.92. The maximum Gasteiger partial charge on any atom is 0.338 e. The Morgan fingerprint density at radius 2 is 2.07 bits per heavy atom. The van der Waals surface area contributed by atoms with Crippen LogP contribution in [0.15, 0.2) is 12.1 Å². The van der Waals surface area contributed by atoms with Gasteiger partial charge in [-0.15, -0.1) is 11.3 Å². The summed E-state index contributed by atoms with van der Waals surface area (Å²) in [6.07, 6.45) is -0.842. The van der Waals surface area contributed by atoms with Crippen LogP contribution in [0.5, 0.6) is 0 Å². The van der Waals surface area contributed by atoms with Gasteiger partial charge in [0.05, 0.1) is 0 Å². The summed E-state index contributed by atoms with van der Waals surface area (Å²) in [6.45, 7) is 6.31. The maximum atomic E-state index is 10.9. The first-order chi connectivity index (χ1) is 6.86. The number of carboxylic acids is 1. The van der Waals surface area contributed by atoms with Gasteiger partial charge in [0.15, 0.2) is 6.10 Å². The van der Waals surface area contributed by atoms with Gasteiger partial charge in [-0.3, -0.25) is 0 Å². The van der Waals surface area contributed by atoms with Crippen LogP contribution < -0.4 is 0 Å². The average molecular weight is 228 g/mol. The van der Waals surface area contributed by atoms with Crippen molar-refractivity contribution >= 4 is 17.3 Å². The van der Waals surface area contributed by atoms with Gasteiger partial charge in [-0.1, -0.05) is 20.8 Å². The summed E-state index contributed by atoms with van der Waals surface area (Å²) in [7, 11) is 1.41. The molecule has 0 fully saturated rings. The van der Waals surface area contributed by atoms with Crippen LogP contribution in [-0.2, 0) is 14.9 Å². The molecule has 0 radical (unpaired) electrons. The molecule has 0 bridgehead atoms. The number of hydrogen-bond donors (Lipinski definition) is 1. The highest BCUT2D eigenvalue weighted by Gasteiger charge is 2.23. The van der Waals surface area contributed by atoms with Gasteiger partial charge in [0.2, 0.25) is 0 Å². The summed E-state index contributed by atoms with van der Waals surface area (Å²) < 4.78 is 4.93. The first-order valence-electron chi connectivity index (χ1n) is 4.72. The standard InChI is InChI=1S/C11H16O3S/c1-11(2,3)8-6-5-7(15-8)9(14-4)10(12)13/h5-6,9H,1-4H3,(H,12,13). The van der Waals surface area contributed by atoms with Crippen molar-refractivity contribution in [3.8, 4) is 0 Å². The highest BCUT2D eigenvalue weighted by molar-refractivity contribution is 7.12. The van der Waals surface area contributed by atoms with Crippen molar-refractivity contribution < 1.29 is 14.6 Å². The van der Waals surface area contributed by atoms with E-state index in [9.17, 15) is 4.79 Å². The van der Waals surface area contributed by atoms with Crippen molar-refractivity contribution in [3.63, 3.8) is 0 Å². The summed E-state index contributed by atoms with van der Waals surface area (Å²) in [6, 6.07) is 3.79. The molecule has 0 aliphatic heterocycles. The maximum absolute atomic E-state index is 10.9. The molecule has 0 aliphatic rings. The van der Waals surface area contributed by atoms with Gasteiger partial charge in [-0.2, -0.15) is 0 Å². The summed E-state index contributed by atoms with van der Waals surface area (Å²) in [5.41, 5.74) is 0.0553. The van der Waals surface area contributed by atoms with Crippen molar-refractivity contribution in [1.29, 1.82) is 0 Å². The Hall–Kier alpha value is -0.870.